The first kappa shape index (κ1) is 21.0. The molecule has 8 nitrogen and oxygen atoms in total. The standard InChI is InChI=1S/C20H24F3N7O/c1-28-10-14(18(24)27-28)19(31)25-12-6-8-13(9-7-12)29(2)17-5-3-4-16-26-15(11-30(16)17)20(21,22)23/h3-5,10-13H,6-9H2,1-2H3,(H2,24,27)(H,25,31). The first-order valence-electron chi connectivity index (χ1n) is 10.0. The van der Waals surface area contributed by atoms with E-state index in [2.05, 4.69) is 15.4 Å². The van der Waals surface area contributed by atoms with E-state index in [0.29, 0.717) is 11.4 Å². The topological polar surface area (TPSA) is 93.5 Å². The number of hydrogen-bond donors (Lipinski definition) is 2. The lowest BCUT2D eigenvalue weighted by Crippen LogP contribution is -2.43. The molecular weight excluding hydrogens is 411 g/mol. The Hall–Kier alpha value is -3.24. The van der Waals surface area contributed by atoms with Crippen molar-refractivity contribution in [2.75, 3.05) is 17.7 Å². The number of nitrogen functional groups attached to an aromatic ring is 1. The molecule has 1 aliphatic carbocycles. The Balaban J connectivity index is 1.43. The van der Waals surface area contributed by atoms with Crippen LogP contribution in [0.4, 0.5) is 24.8 Å². The van der Waals surface area contributed by atoms with Crippen LogP contribution in [0.2, 0.25) is 0 Å². The van der Waals surface area contributed by atoms with E-state index < -0.39 is 11.9 Å². The van der Waals surface area contributed by atoms with Gasteiger partial charge in [-0.3, -0.25) is 13.9 Å². The zero-order valence-corrected chi connectivity index (χ0v) is 17.2. The maximum Gasteiger partial charge on any atom is 0.434 e. The summed E-state index contributed by atoms with van der Waals surface area (Å²) >= 11 is 0. The Kier molecular flexibility index (Phi) is 5.28. The van der Waals surface area contributed by atoms with E-state index in [1.165, 1.54) is 9.08 Å². The van der Waals surface area contributed by atoms with Crippen molar-refractivity contribution in [1.82, 2.24) is 24.5 Å². The first-order valence-corrected chi connectivity index (χ1v) is 10.0. The highest BCUT2D eigenvalue weighted by molar-refractivity contribution is 5.98. The molecule has 0 aliphatic heterocycles. The average molecular weight is 435 g/mol. The summed E-state index contributed by atoms with van der Waals surface area (Å²) in [4.78, 5) is 18.2. The number of fused-ring (bicyclic) bond motifs is 1. The molecule has 3 aromatic rings. The molecule has 1 saturated carbocycles. The van der Waals surface area contributed by atoms with Gasteiger partial charge in [0.2, 0.25) is 0 Å². The largest absolute Gasteiger partial charge is 0.434 e. The van der Waals surface area contributed by atoms with E-state index in [4.69, 9.17) is 5.73 Å². The number of amides is 1. The van der Waals surface area contributed by atoms with E-state index >= 15 is 0 Å². The predicted octanol–water partition coefficient (Wildman–Crippen LogP) is 2.85. The van der Waals surface area contributed by atoms with Crippen LogP contribution >= 0.6 is 0 Å². The minimum atomic E-state index is -4.49. The SMILES string of the molecule is CN(c1cccc2nc(C(F)(F)F)cn12)C1CCC(NC(=O)c2cn(C)nc2N)CC1. The fraction of sp³-hybridized carbons (Fsp3) is 0.450. The van der Waals surface area contributed by atoms with Crippen LogP contribution in [0, 0.1) is 0 Å². The van der Waals surface area contributed by atoms with Crippen LogP contribution in [0.15, 0.2) is 30.6 Å². The molecule has 1 amide bonds. The highest BCUT2D eigenvalue weighted by Gasteiger charge is 2.34. The number of rotatable bonds is 4. The van der Waals surface area contributed by atoms with Crippen molar-refractivity contribution in [3.8, 4) is 0 Å². The lowest BCUT2D eigenvalue weighted by atomic mass is 9.90. The Morgan fingerprint density at radius 2 is 1.94 bits per heavy atom. The quantitative estimate of drug-likeness (QED) is 0.657. The number of nitrogens with two attached hydrogens (primary N) is 1. The summed E-state index contributed by atoms with van der Waals surface area (Å²) in [6.45, 7) is 0. The Morgan fingerprint density at radius 3 is 2.55 bits per heavy atom. The highest BCUT2D eigenvalue weighted by Crippen LogP contribution is 2.31. The van der Waals surface area contributed by atoms with Crippen molar-refractivity contribution in [3.05, 3.63) is 41.9 Å². The number of anilines is 2. The third kappa shape index (κ3) is 4.17. The van der Waals surface area contributed by atoms with E-state index in [0.717, 1.165) is 31.9 Å². The zero-order chi connectivity index (χ0) is 22.3. The average Bonchev–Trinajstić information content (AvgIpc) is 3.30. The van der Waals surface area contributed by atoms with Crippen LogP contribution in [0.3, 0.4) is 0 Å². The van der Waals surface area contributed by atoms with Gasteiger partial charge in [-0.05, 0) is 37.8 Å². The van der Waals surface area contributed by atoms with Gasteiger partial charge >= 0.3 is 6.18 Å². The van der Waals surface area contributed by atoms with E-state index in [9.17, 15) is 18.0 Å². The van der Waals surface area contributed by atoms with Gasteiger partial charge in [-0.15, -0.1) is 0 Å². The lowest BCUT2D eigenvalue weighted by molar-refractivity contribution is -0.140. The van der Waals surface area contributed by atoms with E-state index in [-0.39, 0.29) is 29.5 Å². The second-order valence-corrected chi connectivity index (χ2v) is 7.93. The lowest BCUT2D eigenvalue weighted by Gasteiger charge is -2.36. The van der Waals surface area contributed by atoms with Gasteiger partial charge in [-0.25, -0.2) is 4.98 Å². The summed E-state index contributed by atoms with van der Waals surface area (Å²) in [5.41, 5.74) is 5.47. The van der Waals surface area contributed by atoms with E-state index in [1.807, 2.05) is 11.9 Å². The minimum Gasteiger partial charge on any atom is -0.382 e. The van der Waals surface area contributed by atoms with Crippen LogP contribution in [0.5, 0.6) is 0 Å². The number of carbonyl (C=O) groups excluding carboxylic acids is 1. The number of nitrogens with zero attached hydrogens (tertiary/aromatic N) is 5. The van der Waals surface area contributed by atoms with Crippen LogP contribution in [0.25, 0.3) is 5.65 Å². The van der Waals surface area contributed by atoms with Crippen molar-refractivity contribution < 1.29 is 18.0 Å². The molecule has 0 unspecified atom stereocenters. The second kappa shape index (κ2) is 7.78. The Morgan fingerprint density at radius 1 is 1.23 bits per heavy atom. The van der Waals surface area contributed by atoms with Gasteiger partial charge in [0.25, 0.3) is 5.91 Å². The minimum absolute atomic E-state index is 0.0117. The maximum absolute atomic E-state index is 13.1. The van der Waals surface area contributed by atoms with Gasteiger partial charge in [-0.1, -0.05) is 6.07 Å². The number of aryl methyl sites for hydroxylation is 1. The second-order valence-electron chi connectivity index (χ2n) is 7.93. The molecule has 4 rings (SSSR count). The number of hydrogen-bond acceptors (Lipinski definition) is 5. The fourth-order valence-corrected chi connectivity index (χ4v) is 4.16. The third-order valence-corrected chi connectivity index (χ3v) is 5.80. The third-order valence-electron chi connectivity index (χ3n) is 5.80. The van der Waals surface area contributed by atoms with Gasteiger partial charge in [0.15, 0.2) is 11.5 Å². The van der Waals surface area contributed by atoms with Gasteiger partial charge in [-0.2, -0.15) is 18.3 Å². The highest BCUT2D eigenvalue weighted by atomic mass is 19.4. The van der Waals surface area contributed by atoms with Gasteiger partial charge in [0.05, 0.1) is 0 Å². The molecule has 3 heterocycles. The molecule has 0 bridgehead atoms. The predicted molar refractivity (Wildman–Crippen MR) is 110 cm³/mol. The van der Waals surface area contributed by atoms with Crippen LogP contribution in [-0.2, 0) is 13.2 Å². The summed E-state index contributed by atoms with van der Waals surface area (Å²) in [5.74, 6) is 0.599. The smallest absolute Gasteiger partial charge is 0.382 e. The molecule has 0 aromatic carbocycles. The molecule has 3 N–H and O–H groups in total. The van der Waals surface area contributed by atoms with Crippen molar-refractivity contribution in [3.63, 3.8) is 0 Å². The molecule has 3 aromatic heterocycles. The first-order chi connectivity index (χ1) is 14.6. The summed E-state index contributed by atoms with van der Waals surface area (Å²) < 4.78 is 42.2. The molecule has 1 fully saturated rings. The number of alkyl halides is 3. The van der Waals surface area contributed by atoms with Crippen molar-refractivity contribution in [2.24, 2.45) is 7.05 Å². The number of aromatic nitrogens is 4. The van der Waals surface area contributed by atoms with Crippen LogP contribution in [0.1, 0.15) is 41.7 Å². The van der Waals surface area contributed by atoms with E-state index in [1.54, 1.807) is 31.4 Å². The zero-order valence-electron chi connectivity index (χ0n) is 17.2. The Labute approximate surface area is 176 Å². The number of pyridine rings is 1. The van der Waals surface area contributed by atoms with Crippen molar-refractivity contribution in [2.45, 2.75) is 43.9 Å². The molecule has 166 valence electrons. The summed E-state index contributed by atoms with van der Waals surface area (Å²) in [5, 5.41) is 6.99. The number of imidazole rings is 1. The summed E-state index contributed by atoms with van der Waals surface area (Å²) in [6, 6.07) is 5.20. The van der Waals surface area contributed by atoms with Crippen molar-refractivity contribution >= 4 is 23.2 Å². The van der Waals surface area contributed by atoms with Gasteiger partial charge < -0.3 is 16.0 Å². The summed E-state index contributed by atoms with van der Waals surface area (Å²) in [6.07, 6.45) is 1.23. The molecule has 1 aliphatic rings. The van der Waals surface area contributed by atoms with Gasteiger partial charge in [0, 0.05) is 38.6 Å². The summed E-state index contributed by atoms with van der Waals surface area (Å²) in [7, 11) is 3.58. The normalized spacial score (nSPS) is 19.5. The Bertz CT molecular complexity index is 1100. The molecule has 0 radical (unpaired) electrons. The van der Waals surface area contributed by atoms with Crippen LogP contribution in [-0.4, -0.2) is 44.2 Å². The fourth-order valence-electron chi connectivity index (χ4n) is 4.16. The molecule has 31 heavy (non-hydrogen) atoms. The molecule has 11 heteroatoms. The molecule has 0 saturated heterocycles. The number of halogens is 3. The number of nitrogens with one attached hydrogen (secondary N) is 1. The van der Waals surface area contributed by atoms with Gasteiger partial charge in [0.1, 0.15) is 17.0 Å². The maximum atomic E-state index is 13.1. The molecule has 0 spiro atoms. The molecular formula is C20H24F3N7O. The monoisotopic (exact) mass is 435 g/mol. The molecule has 0 atom stereocenters. The number of carbonyl (C=O) groups is 1. The van der Waals surface area contributed by atoms with Crippen LogP contribution < -0.4 is 16.0 Å². The van der Waals surface area contributed by atoms with Crippen molar-refractivity contribution in [1.29, 1.82) is 0 Å².